The first-order valence-corrected chi connectivity index (χ1v) is 8.95. The standard InChI is InChI=1S/C16H26N4S/c1-12-9-19-15(21-12)7-8-18-16(17-2)20-10-13-5-3-4-6-14(13)11-20/h9,13-14H,3-8,10-11H2,1-2H3,(H,17,18). The Morgan fingerprint density at radius 1 is 1.38 bits per heavy atom. The van der Waals surface area contributed by atoms with E-state index in [4.69, 9.17) is 0 Å². The summed E-state index contributed by atoms with van der Waals surface area (Å²) in [5.74, 6) is 2.88. The van der Waals surface area contributed by atoms with E-state index in [0.29, 0.717) is 0 Å². The van der Waals surface area contributed by atoms with Crippen molar-refractivity contribution in [2.45, 2.75) is 39.0 Å². The number of hydrogen-bond acceptors (Lipinski definition) is 3. The lowest BCUT2D eigenvalue weighted by Gasteiger charge is -2.22. The average Bonchev–Trinajstić information content (AvgIpc) is 3.09. The molecule has 0 bridgehead atoms. The van der Waals surface area contributed by atoms with Crippen LogP contribution in [0.3, 0.4) is 0 Å². The quantitative estimate of drug-likeness (QED) is 0.689. The maximum absolute atomic E-state index is 4.48. The number of aryl methyl sites for hydroxylation is 1. The van der Waals surface area contributed by atoms with E-state index in [1.54, 1.807) is 11.3 Å². The highest BCUT2D eigenvalue weighted by molar-refractivity contribution is 7.11. The molecular weight excluding hydrogens is 280 g/mol. The monoisotopic (exact) mass is 306 g/mol. The lowest BCUT2D eigenvalue weighted by atomic mass is 9.82. The predicted molar refractivity (Wildman–Crippen MR) is 88.9 cm³/mol. The largest absolute Gasteiger partial charge is 0.356 e. The molecule has 3 rings (SSSR count). The van der Waals surface area contributed by atoms with Crippen molar-refractivity contribution >= 4 is 17.3 Å². The van der Waals surface area contributed by atoms with Crippen LogP contribution >= 0.6 is 11.3 Å². The zero-order valence-corrected chi connectivity index (χ0v) is 14.0. The third-order valence-electron chi connectivity index (χ3n) is 4.78. The molecule has 1 aromatic heterocycles. The van der Waals surface area contributed by atoms with E-state index in [2.05, 4.69) is 27.1 Å². The summed E-state index contributed by atoms with van der Waals surface area (Å²) in [5, 5.41) is 4.73. The van der Waals surface area contributed by atoms with Crippen LogP contribution in [0.2, 0.25) is 0 Å². The van der Waals surface area contributed by atoms with Crippen molar-refractivity contribution in [1.82, 2.24) is 15.2 Å². The number of aromatic nitrogens is 1. The van der Waals surface area contributed by atoms with Crippen molar-refractivity contribution in [2.75, 3.05) is 26.7 Å². The van der Waals surface area contributed by atoms with Gasteiger partial charge in [0.1, 0.15) is 0 Å². The van der Waals surface area contributed by atoms with Gasteiger partial charge in [-0.05, 0) is 31.6 Å². The molecule has 1 saturated carbocycles. The fraction of sp³-hybridized carbons (Fsp3) is 0.750. The molecule has 2 atom stereocenters. The predicted octanol–water partition coefficient (Wildman–Crippen LogP) is 2.69. The first-order chi connectivity index (χ1) is 10.3. The van der Waals surface area contributed by atoms with E-state index >= 15 is 0 Å². The van der Waals surface area contributed by atoms with Gasteiger partial charge in [0.25, 0.3) is 0 Å². The molecule has 0 aromatic carbocycles. The smallest absolute Gasteiger partial charge is 0.193 e. The Hall–Kier alpha value is -1.10. The van der Waals surface area contributed by atoms with Crippen molar-refractivity contribution in [3.8, 4) is 0 Å². The summed E-state index contributed by atoms with van der Waals surface area (Å²) in [5.41, 5.74) is 0. The molecule has 1 aromatic rings. The second kappa shape index (κ2) is 6.77. The third kappa shape index (κ3) is 3.57. The van der Waals surface area contributed by atoms with Gasteiger partial charge in [0.05, 0.1) is 5.01 Å². The van der Waals surface area contributed by atoms with Gasteiger partial charge in [-0.15, -0.1) is 11.3 Å². The third-order valence-corrected chi connectivity index (χ3v) is 5.75. The first kappa shape index (κ1) is 14.8. The summed E-state index contributed by atoms with van der Waals surface area (Å²) in [4.78, 5) is 12.7. The summed E-state index contributed by atoms with van der Waals surface area (Å²) in [7, 11) is 1.90. The van der Waals surface area contributed by atoms with Crippen LogP contribution in [0.4, 0.5) is 0 Å². The molecule has 2 fully saturated rings. The van der Waals surface area contributed by atoms with Crippen molar-refractivity contribution < 1.29 is 0 Å². The van der Waals surface area contributed by atoms with Gasteiger partial charge >= 0.3 is 0 Å². The second-order valence-corrected chi connectivity index (χ2v) is 7.62. The topological polar surface area (TPSA) is 40.5 Å². The van der Waals surface area contributed by atoms with Crippen molar-refractivity contribution in [3.63, 3.8) is 0 Å². The van der Waals surface area contributed by atoms with Crippen LogP contribution in [0.5, 0.6) is 0 Å². The van der Waals surface area contributed by atoms with Gasteiger partial charge in [0.2, 0.25) is 0 Å². The number of thiazole rings is 1. The fourth-order valence-corrected chi connectivity index (χ4v) is 4.50. The Morgan fingerprint density at radius 3 is 2.67 bits per heavy atom. The van der Waals surface area contributed by atoms with E-state index < -0.39 is 0 Å². The van der Waals surface area contributed by atoms with E-state index in [1.165, 1.54) is 48.7 Å². The van der Waals surface area contributed by atoms with E-state index in [9.17, 15) is 0 Å². The molecular formula is C16H26N4S. The van der Waals surface area contributed by atoms with Crippen molar-refractivity contribution in [2.24, 2.45) is 16.8 Å². The molecule has 0 spiro atoms. The molecule has 1 aliphatic carbocycles. The first-order valence-electron chi connectivity index (χ1n) is 8.13. The minimum absolute atomic E-state index is 0.902. The number of fused-ring (bicyclic) bond motifs is 1. The van der Waals surface area contributed by atoms with Crippen molar-refractivity contribution in [1.29, 1.82) is 0 Å². The summed E-state index contributed by atoms with van der Waals surface area (Å²) in [6.45, 7) is 5.42. The molecule has 116 valence electrons. The van der Waals surface area contributed by atoms with Gasteiger partial charge < -0.3 is 10.2 Å². The molecule has 2 unspecified atom stereocenters. The molecule has 5 heteroatoms. The van der Waals surface area contributed by atoms with Gasteiger partial charge in [-0.1, -0.05) is 12.8 Å². The summed E-state index contributed by atoms with van der Waals surface area (Å²) in [6.07, 6.45) is 8.61. The zero-order valence-electron chi connectivity index (χ0n) is 13.1. The van der Waals surface area contributed by atoms with Gasteiger partial charge in [0.15, 0.2) is 5.96 Å². The van der Waals surface area contributed by atoms with Gasteiger partial charge in [-0.3, -0.25) is 4.99 Å². The maximum Gasteiger partial charge on any atom is 0.193 e. The molecule has 1 N–H and O–H groups in total. The number of guanidine groups is 1. The zero-order chi connectivity index (χ0) is 14.7. The molecule has 1 saturated heterocycles. The average molecular weight is 306 g/mol. The minimum Gasteiger partial charge on any atom is -0.356 e. The molecule has 2 aliphatic rings. The Bertz CT molecular complexity index is 482. The molecule has 0 radical (unpaired) electrons. The van der Waals surface area contributed by atoms with Crippen LogP contribution in [-0.2, 0) is 6.42 Å². The van der Waals surface area contributed by atoms with Gasteiger partial charge in [-0.2, -0.15) is 0 Å². The van der Waals surface area contributed by atoms with Crippen LogP contribution in [0.15, 0.2) is 11.2 Å². The molecule has 21 heavy (non-hydrogen) atoms. The summed E-state index contributed by atoms with van der Waals surface area (Å²) < 4.78 is 0. The second-order valence-electron chi connectivity index (χ2n) is 6.30. The summed E-state index contributed by atoms with van der Waals surface area (Å²) in [6, 6.07) is 0. The molecule has 4 nitrogen and oxygen atoms in total. The Morgan fingerprint density at radius 2 is 2.10 bits per heavy atom. The normalized spacial score (nSPS) is 26.0. The van der Waals surface area contributed by atoms with Crippen LogP contribution in [0, 0.1) is 18.8 Å². The number of nitrogens with zero attached hydrogens (tertiary/aromatic N) is 3. The number of rotatable bonds is 3. The number of hydrogen-bond donors (Lipinski definition) is 1. The van der Waals surface area contributed by atoms with Crippen LogP contribution in [-0.4, -0.2) is 42.5 Å². The lowest BCUT2D eigenvalue weighted by molar-refractivity contribution is 0.299. The van der Waals surface area contributed by atoms with Crippen LogP contribution in [0.25, 0.3) is 0 Å². The van der Waals surface area contributed by atoms with E-state index in [-0.39, 0.29) is 0 Å². The Labute approximate surface area is 131 Å². The maximum atomic E-state index is 4.48. The number of aliphatic imine (C=N–C) groups is 1. The van der Waals surface area contributed by atoms with Gasteiger partial charge in [-0.25, -0.2) is 4.98 Å². The minimum atomic E-state index is 0.902. The van der Waals surface area contributed by atoms with E-state index in [0.717, 1.165) is 30.8 Å². The fourth-order valence-electron chi connectivity index (χ4n) is 3.71. The highest BCUT2D eigenvalue weighted by Crippen LogP contribution is 2.35. The Balaban J connectivity index is 1.49. The molecule has 1 aliphatic heterocycles. The number of nitrogens with one attached hydrogen (secondary N) is 1. The van der Waals surface area contributed by atoms with Crippen LogP contribution in [0.1, 0.15) is 35.6 Å². The Kier molecular flexibility index (Phi) is 4.78. The van der Waals surface area contributed by atoms with Crippen LogP contribution < -0.4 is 5.32 Å². The SMILES string of the molecule is CN=C(NCCc1ncc(C)s1)N1CC2CCCCC2C1. The molecule has 0 amide bonds. The highest BCUT2D eigenvalue weighted by atomic mass is 32.1. The molecule has 2 heterocycles. The summed E-state index contributed by atoms with van der Waals surface area (Å²) >= 11 is 1.79. The van der Waals surface area contributed by atoms with Crippen molar-refractivity contribution in [3.05, 3.63) is 16.1 Å². The highest BCUT2D eigenvalue weighted by Gasteiger charge is 2.35. The number of likely N-dealkylation sites (tertiary alicyclic amines) is 1. The lowest BCUT2D eigenvalue weighted by Crippen LogP contribution is -2.41. The van der Waals surface area contributed by atoms with Gasteiger partial charge in [0, 0.05) is 44.2 Å². The van der Waals surface area contributed by atoms with E-state index in [1.807, 2.05) is 13.2 Å².